The molecule has 0 aliphatic carbocycles. The quantitative estimate of drug-likeness (QED) is 0.108. The van der Waals surface area contributed by atoms with Gasteiger partial charge in [0.15, 0.2) is 0 Å². The van der Waals surface area contributed by atoms with E-state index in [0.29, 0.717) is 82.0 Å². The third kappa shape index (κ3) is 8.50. The molecule has 270 valence electrons. The lowest BCUT2D eigenvalue weighted by atomic mass is 9.98. The van der Waals surface area contributed by atoms with E-state index in [9.17, 15) is 4.79 Å². The highest BCUT2D eigenvalue weighted by molar-refractivity contribution is 6.39. The molecule has 0 spiro atoms. The van der Waals surface area contributed by atoms with Crippen molar-refractivity contribution in [3.8, 4) is 28.3 Å². The zero-order valence-corrected chi connectivity index (χ0v) is 31.0. The molecule has 0 saturated carbocycles. The van der Waals surface area contributed by atoms with Crippen LogP contribution in [0.15, 0.2) is 88.7 Å². The fraction of sp³-hybridized carbons (Fsp3) is 0.333. The number of carbonyl (C=O) groups excluding carboxylic acids is 1. The molecule has 4 heterocycles. The number of carbonyl (C=O) groups is 1. The summed E-state index contributed by atoms with van der Waals surface area (Å²) in [6.45, 7) is 9.05. The Bertz CT molecular complexity index is 1990. The maximum absolute atomic E-state index is 11.5. The molecule has 1 unspecified atom stereocenters. The molecule has 2 aliphatic heterocycles. The van der Waals surface area contributed by atoms with Crippen molar-refractivity contribution in [2.45, 2.75) is 44.7 Å². The summed E-state index contributed by atoms with van der Waals surface area (Å²) in [5.41, 5.74) is 6.66. The second-order valence-corrected chi connectivity index (χ2v) is 13.6. The average molecular weight is 742 g/mol. The summed E-state index contributed by atoms with van der Waals surface area (Å²) < 4.78 is 11.3. The van der Waals surface area contributed by atoms with E-state index in [2.05, 4.69) is 38.3 Å². The van der Waals surface area contributed by atoms with Crippen molar-refractivity contribution in [3.05, 3.63) is 106 Å². The smallest absolute Gasteiger partial charge is 0.237 e. The zero-order chi connectivity index (χ0) is 36.6. The standard InChI is InChI=1S/C39H42Cl2N8O3/c1-24(46-38(51-3)33(42-2)20-44-19-27-13-14-35(50)47-27)28-9-5-10-29(36(28)40)30-11-6-12-31(37(30)41)32-21-45-34(39(48-32)52-4)23-49-17-15-26(22-49)25-8-7-16-43-18-25/h5-12,16,18,21,26-27,44H,2,13-15,17,19-20,22-23H2,1,3-4H3,(H,47,50)/b38-33+,46-24?/t26?,27-/m0/s1. The Hall–Kier alpha value is -4.68. The van der Waals surface area contributed by atoms with Crippen LogP contribution in [0, 0.1) is 0 Å². The highest BCUT2D eigenvalue weighted by Gasteiger charge is 2.26. The van der Waals surface area contributed by atoms with Crippen LogP contribution in [0.2, 0.25) is 10.0 Å². The van der Waals surface area contributed by atoms with Crippen LogP contribution in [0.4, 0.5) is 0 Å². The molecule has 0 radical (unpaired) electrons. The first-order valence-corrected chi connectivity index (χ1v) is 17.9. The van der Waals surface area contributed by atoms with Crippen LogP contribution in [0.25, 0.3) is 22.4 Å². The number of methoxy groups -OCH3 is 2. The van der Waals surface area contributed by atoms with Crippen molar-refractivity contribution in [1.82, 2.24) is 30.5 Å². The van der Waals surface area contributed by atoms with Gasteiger partial charge in [0, 0.05) is 73.3 Å². The fourth-order valence-corrected chi connectivity index (χ4v) is 7.36. The average Bonchev–Trinajstić information content (AvgIpc) is 3.82. The number of pyridine rings is 1. The Labute approximate surface area is 314 Å². The number of nitrogens with zero attached hydrogens (tertiary/aromatic N) is 6. The highest BCUT2D eigenvalue weighted by Crippen LogP contribution is 2.40. The van der Waals surface area contributed by atoms with E-state index in [4.69, 9.17) is 47.6 Å². The summed E-state index contributed by atoms with van der Waals surface area (Å²) in [5.74, 6) is 1.29. The Morgan fingerprint density at radius 2 is 1.85 bits per heavy atom. The van der Waals surface area contributed by atoms with Gasteiger partial charge >= 0.3 is 0 Å². The molecule has 6 rings (SSSR count). The first kappa shape index (κ1) is 37.1. The van der Waals surface area contributed by atoms with E-state index in [1.807, 2.05) is 55.6 Å². The maximum atomic E-state index is 11.5. The first-order valence-electron chi connectivity index (χ1n) is 17.2. The SMILES string of the molecule is C=N/C(CNC[C@@H]1CCC(=O)N1)=C(\N=C(C)c1cccc(-c2cccc(-c3cnc(CN4CCC(c5cccnc5)C4)c(OC)n3)c2Cl)c1Cl)OC. The Morgan fingerprint density at radius 3 is 2.56 bits per heavy atom. The number of aromatic nitrogens is 3. The van der Waals surface area contributed by atoms with Gasteiger partial charge in [-0.15, -0.1) is 0 Å². The van der Waals surface area contributed by atoms with E-state index in [1.54, 1.807) is 19.5 Å². The van der Waals surface area contributed by atoms with Crippen LogP contribution in [0.5, 0.6) is 5.88 Å². The molecule has 2 N–H and O–H groups in total. The van der Waals surface area contributed by atoms with Gasteiger partial charge in [-0.2, -0.15) is 0 Å². The molecule has 0 bridgehead atoms. The maximum Gasteiger partial charge on any atom is 0.237 e. The molecule has 1 amide bonds. The monoisotopic (exact) mass is 740 g/mol. The zero-order valence-electron chi connectivity index (χ0n) is 29.5. The second-order valence-electron chi connectivity index (χ2n) is 12.8. The van der Waals surface area contributed by atoms with Crippen molar-refractivity contribution in [2.24, 2.45) is 9.98 Å². The number of hydrogen-bond acceptors (Lipinski definition) is 10. The molecule has 4 aromatic rings. The predicted molar refractivity (Wildman–Crippen MR) is 206 cm³/mol. The summed E-state index contributed by atoms with van der Waals surface area (Å²) in [6, 6.07) is 15.7. The number of amides is 1. The lowest BCUT2D eigenvalue weighted by Gasteiger charge is -2.18. The minimum atomic E-state index is 0.0708. The topological polar surface area (TPSA) is 126 Å². The van der Waals surface area contributed by atoms with Crippen LogP contribution < -0.4 is 15.4 Å². The summed E-state index contributed by atoms with van der Waals surface area (Å²) in [6.07, 6.45) is 7.90. The van der Waals surface area contributed by atoms with Crippen LogP contribution >= 0.6 is 23.2 Å². The molecule has 2 atom stereocenters. The van der Waals surface area contributed by atoms with Gasteiger partial charge in [-0.1, -0.05) is 65.7 Å². The minimum Gasteiger partial charge on any atom is -0.480 e. The fourth-order valence-electron chi connectivity index (χ4n) is 6.67. The van der Waals surface area contributed by atoms with E-state index in [0.717, 1.165) is 42.8 Å². The number of hydrogen-bond donors (Lipinski definition) is 2. The summed E-state index contributed by atoms with van der Waals surface area (Å²) in [4.78, 5) is 36.7. The summed E-state index contributed by atoms with van der Waals surface area (Å²) in [7, 11) is 3.15. The van der Waals surface area contributed by atoms with Crippen LogP contribution in [0.1, 0.15) is 48.9 Å². The van der Waals surface area contributed by atoms with E-state index >= 15 is 0 Å². The van der Waals surface area contributed by atoms with Crippen molar-refractivity contribution in [2.75, 3.05) is 40.4 Å². The lowest BCUT2D eigenvalue weighted by Crippen LogP contribution is -2.36. The normalized spacial score (nSPS) is 18.2. The number of aliphatic imine (C=N–C) groups is 2. The number of benzene rings is 2. The molecule has 2 aromatic carbocycles. The minimum absolute atomic E-state index is 0.0708. The highest BCUT2D eigenvalue weighted by atomic mass is 35.5. The third-order valence-electron chi connectivity index (χ3n) is 9.43. The number of likely N-dealkylation sites (tertiary alicyclic amines) is 1. The molecule has 13 heteroatoms. The largest absolute Gasteiger partial charge is 0.480 e. The van der Waals surface area contributed by atoms with Gasteiger partial charge in [0.2, 0.25) is 17.7 Å². The van der Waals surface area contributed by atoms with Gasteiger partial charge in [0.1, 0.15) is 11.4 Å². The van der Waals surface area contributed by atoms with E-state index in [1.165, 1.54) is 12.7 Å². The van der Waals surface area contributed by atoms with Crippen molar-refractivity contribution in [3.63, 3.8) is 0 Å². The van der Waals surface area contributed by atoms with Gasteiger partial charge in [-0.05, 0) is 50.6 Å². The van der Waals surface area contributed by atoms with Gasteiger partial charge in [0.25, 0.3) is 0 Å². The van der Waals surface area contributed by atoms with Crippen LogP contribution in [0.3, 0.4) is 0 Å². The van der Waals surface area contributed by atoms with Crippen molar-refractivity contribution >= 4 is 41.5 Å². The second kappa shape index (κ2) is 17.2. The summed E-state index contributed by atoms with van der Waals surface area (Å²) in [5, 5.41) is 7.22. The number of rotatable bonds is 14. The van der Waals surface area contributed by atoms with Crippen molar-refractivity contribution in [1.29, 1.82) is 0 Å². The van der Waals surface area contributed by atoms with Gasteiger partial charge in [-0.25, -0.2) is 9.98 Å². The van der Waals surface area contributed by atoms with Gasteiger partial charge < -0.3 is 20.1 Å². The van der Waals surface area contributed by atoms with Gasteiger partial charge in [-0.3, -0.25) is 24.7 Å². The molecular weight excluding hydrogens is 699 g/mol. The lowest BCUT2D eigenvalue weighted by molar-refractivity contribution is -0.119. The van der Waals surface area contributed by atoms with E-state index in [-0.39, 0.29) is 11.9 Å². The third-order valence-corrected chi connectivity index (χ3v) is 10.2. The Morgan fingerprint density at radius 1 is 1.06 bits per heavy atom. The molecule has 52 heavy (non-hydrogen) atoms. The first-order chi connectivity index (χ1) is 25.3. The number of ether oxygens (including phenoxy) is 2. The van der Waals surface area contributed by atoms with Crippen LogP contribution in [-0.2, 0) is 16.1 Å². The molecule has 2 saturated heterocycles. The molecule has 2 aromatic heterocycles. The van der Waals surface area contributed by atoms with Crippen LogP contribution in [-0.4, -0.2) is 84.6 Å². The van der Waals surface area contributed by atoms with Gasteiger partial charge in [0.05, 0.1) is 41.9 Å². The van der Waals surface area contributed by atoms with E-state index < -0.39 is 0 Å². The molecule has 11 nitrogen and oxygen atoms in total. The van der Waals surface area contributed by atoms with Crippen molar-refractivity contribution < 1.29 is 14.3 Å². The number of halogens is 2. The summed E-state index contributed by atoms with van der Waals surface area (Å²) >= 11 is 14.2. The Balaban J connectivity index is 1.21. The number of nitrogens with one attached hydrogen (secondary N) is 2. The predicted octanol–water partition coefficient (Wildman–Crippen LogP) is 6.70. The molecular formula is C39H42Cl2N8O3. The molecule has 2 aliphatic rings. The molecule has 2 fully saturated rings. The Kier molecular flexibility index (Phi) is 12.3.